The van der Waals surface area contributed by atoms with E-state index in [4.69, 9.17) is 4.18 Å². The maximum atomic E-state index is 12.0. The zero-order valence-corrected chi connectivity index (χ0v) is 16.6. The largest absolute Gasteiger partial charge is 0.297 e. The molecule has 0 unspecified atom stereocenters. The Hall–Kier alpha value is -1.65. The van der Waals surface area contributed by atoms with Crippen LogP contribution in [0, 0.1) is 0 Å². The van der Waals surface area contributed by atoms with Gasteiger partial charge in [-0.15, -0.1) is 0 Å². The summed E-state index contributed by atoms with van der Waals surface area (Å²) in [5, 5.41) is 0. The highest BCUT2D eigenvalue weighted by Crippen LogP contribution is 2.13. The zero-order chi connectivity index (χ0) is 18.7. The molecule has 0 N–H and O–H groups in total. The lowest BCUT2D eigenvalue weighted by atomic mass is 10.1. The third-order valence-corrected chi connectivity index (χ3v) is 5.11. The Morgan fingerprint density at radius 2 is 1.44 bits per heavy atom. The number of benzene rings is 1. The van der Waals surface area contributed by atoms with Crippen LogP contribution in [0.4, 0.5) is 0 Å². The average Bonchev–Trinajstić information content (AvgIpc) is 2.55. The lowest BCUT2D eigenvalue weighted by molar-refractivity contribution is 0.356. The molecule has 0 aromatic heterocycles. The fourth-order valence-electron chi connectivity index (χ4n) is 2.26. The molecule has 25 heavy (non-hydrogen) atoms. The van der Waals surface area contributed by atoms with Gasteiger partial charge in [0, 0.05) is 0 Å². The molecule has 1 aromatic carbocycles. The quantitative estimate of drug-likeness (QED) is 0.389. The molecule has 0 radical (unpaired) electrons. The van der Waals surface area contributed by atoms with Crippen molar-refractivity contribution < 1.29 is 12.6 Å². The molecule has 0 aliphatic heterocycles. The molecule has 138 valence electrons. The normalized spacial score (nSPS) is 13.0. The molecular weight excluding hydrogens is 332 g/mol. The smallest absolute Gasteiger partial charge is 0.262 e. The summed E-state index contributed by atoms with van der Waals surface area (Å²) in [6.07, 6.45) is 10.4. The lowest BCUT2D eigenvalue weighted by Crippen LogP contribution is -2.06. The number of hydrogen-bond acceptors (Lipinski definition) is 3. The van der Waals surface area contributed by atoms with Crippen molar-refractivity contribution in [3.05, 3.63) is 65.3 Å². The molecule has 3 nitrogen and oxygen atoms in total. The van der Waals surface area contributed by atoms with Crippen molar-refractivity contribution in [2.24, 2.45) is 0 Å². The summed E-state index contributed by atoms with van der Waals surface area (Å²) in [5.74, 6) is 0. The fraction of sp³-hybridized carbons (Fsp3) is 0.429. The van der Waals surface area contributed by atoms with Crippen molar-refractivity contribution in [1.82, 2.24) is 0 Å². The topological polar surface area (TPSA) is 43.4 Å². The fourth-order valence-corrected chi connectivity index (χ4v) is 3.13. The standard InChI is InChI=1S/C21H30O3S/c1-18(2)10-8-11-19(3)12-9-13-20(4)16-17-24-25(22,23)21-14-6-5-7-15-21/h5-7,10,12,14-16H,8-9,11,13,17H2,1-4H3/b19-12+,20-16+. The lowest BCUT2D eigenvalue weighted by Gasteiger charge is -2.04. The molecule has 1 aromatic rings. The summed E-state index contributed by atoms with van der Waals surface area (Å²) in [6.45, 7) is 8.48. The molecule has 4 heteroatoms. The molecule has 0 atom stereocenters. The van der Waals surface area contributed by atoms with Crippen LogP contribution in [0.1, 0.15) is 53.4 Å². The summed E-state index contributed by atoms with van der Waals surface area (Å²) in [5.41, 5.74) is 3.89. The predicted molar refractivity (Wildman–Crippen MR) is 105 cm³/mol. The molecule has 0 saturated carbocycles. The monoisotopic (exact) mass is 362 g/mol. The highest BCUT2D eigenvalue weighted by atomic mass is 32.2. The second kappa shape index (κ2) is 11.1. The van der Waals surface area contributed by atoms with E-state index in [2.05, 4.69) is 32.9 Å². The Morgan fingerprint density at radius 3 is 2.04 bits per heavy atom. The van der Waals surface area contributed by atoms with Crippen molar-refractivity contribution in [3.63, 3.8) is 0 Å². The van der Waals surface area contributed by atoms with Gasteiger partial charge in [-0.2, -0.15) is 8.42 Å². The summed E-state index contributed by atoms with van der Waals surface area (Å²) in [6, 6.07) is 8.22. The second-order valence-corrected chi connectivity index (χ2v) is 8.13. The van der Waals surface area contributed by atoms with Crippen molar-refractivity contribution in [3.8, 4) is 0 Å². The van der Waals surface area contributed by atoms with Gasteiger partial charge < -0.3 is 0 Å². The molecule has 0 aliphatic rings. The maximum Gasteiger partial charge on any atom is 0.297 e. The minimum atomic E-state index is -3.67. The summed E-state index contributed by atoms with van der Waals surface area (Å²) >= 11 is 0. The first-order valence-corrected chi connectivity index (χ1v) is 10.1. The molecule has 0 amide bonds. The maximum absolute atomic E-state index is 12.0. The van der Waals surface area contributed by atoms with E-state index in [0.717, 1.165) is 31.3 Å². The highest BCUT2D eigenvalue weighted by molar-refractivity contribution is 7.86. The Kier molecular flexibility index (Phi) is 9.46. The van der Waals surface area contributed by atoms with E-state index >= 15 is 0 Å². The summed E-state index contributed by atoms with van der Waals surface area (Å²) < 4.78 is 29.1. The average molecular weight is 363 g/mol. The van der Waals surface area contributed by atoms with Gasteiger partial charge in [0.05, 0.1) is 11.5 Å². The molecule has 0 heterocycles. The van der Waals surface area contributed by atoms with Gasteiger partial charge in [0.15, 0.2) is 0 Å². The van der Waals surface area contributed by atoms with E-state index in [1.807, 2.05) is 13.0 Å². The van der Waals surface area contributed by atoms with Crippen LogP contribution in [0.3, 0.4) is 0 Å². The van der Waals surface area contributed by atoms with Crippen LogP contribution in [0.2, 0.25) is 0 Å². The minimum absolute atomic E-state index is 0.0757. The van der Waals surface area contributed by atoms with Crippen molar-refractivity contribution in [1.29, 1.82) is 0 Å². The van der Waals surface area contributed by atoms with Gasteiger partial charge in [0.2, 0.25) is 0 Å². The SMILES string of the molecule is CC(C)=CCC/C(C)=C/CC/C(C)=C/COS(=O)(=O)c1ccccc1. The van der Waals surface area contributed by atoms with Gasteiger partial charge in [-0.25, -0.2) is 0 Å². The van der Waals surface area contributed by atoms with Crippen LogP contribution in [-0.2, 0) is 14.3 Å². The van der Waals surface area contributed by atoms with Crippen LogP contribution in [0.5, 0.6) is 0 Å². The Balaban J connectivity index is 2.38. The first-order valence-electron chi connectivity index (χ1n) is 8.70. The van der Waals surface area contributed by atoms with Crippen molar-refractivity contribution >= 4 is 10.1 Å². The van der Waals surface area contributed by atoms with Crippen LogP contribution >= 0.6 is 0 Å². The summed E-state index contributed by atoms with van der Waals surface area (Å²) in [7, 11) is -3.67. The van der Waals surface area contributed by atoms with Crippen LogP contribution in [0.25, 0.3) is 0 Å². The van der Waals surface area contributed by atoms with Crippen LogP contribution < -0.4 is 0 Å². The molecular formula is C21H30O3S. The molecule has 0 saturated heterocycles. The number of rotatable bonds is 10. The predicted octanol–water partition coefficient (Wildman–Crippen LogP) is 5.81. The van der Waals surface area contributed by atoms with E-state index < -0.39 is 10.1 Å². The number of hydrogen-bond donors (Lipinski definition) is 0. The Bertz CT molecular complexity index is 707. The van der Waals surface area contributed by atoms with Crippen molar-refractivity contribution in [2.75, 3.05) is 6.61 Å². The number of allylic oxidation sites excluding steroid dienone is 5. The van der Waals surface area contributed by atoms with E-state index in [0.29, 0.717) is 0 Å². The van der Waals surface area contributed by atoms with Crippen molar-refractivity contribution in [2.45, 2.75) is 58.3 Å². The van der Waals surface area contributed by atoms with E-state index in [-0.39, 0.29) is 11.5 Å². The Labute approximate surface area is 153 Å². The minimum Gasteiger partial charge on any atom is -0.262 e. The highest BCUT2D eigenvalue weighted by Gasteiger charge is 2.13. The van der Waals surface area contributed by atoms with Crippen LogP contribution in [0.15, 0.2) is 70.2 Å². The Morgan fingerprint density at radius 1 is 0.880 bits per heavy atom. The van der Waals surface area contributed by atoms with E-state index in [1.165, 1.54) is 23.3 Å². The van der Waals surface area contributed by atoms with Gasteiger partial charge in [-0.1, -0.05) is 53.1 Å². The molecule has 0 fully saturated rings. The summed E-state index contributed by atoms with van der Waals surface area (Å²) in [4.78, 5) is 0.191. The first kappa shape index (κ1) is 21.4. The van der Waals surface area contributed by atoms with E-state index in [9.17, 15) is 8.42 Å². The van der Waals surface area contributed by atoms with E-state index in [1.54, 1.807) is 18.2 Å². The van der Waals surface area contributed by atoms with Gasteiger partial charge >= 0.3 is 0 Å². The molecule has 0 bridgehead atoms. The second-order valence-electron chi connectivity index (χ2n) is 6.51. The third kappa shape index (κ3) is 9.42. The van der Waals surface area contributed by atoms with Gasteiger partial charge in [0.25, 0.3) is 10.1 Å². The van der Waals surface area contributed by atoms with Crippen LogP contribution in [-0.4, -0.2) is 15.0 Å². The van der Waals surface area contributed by atoms with Gasteiger partial charge in [-0.05, 0) is 65.5 Å². The van der Waals surface area contributed by atoms with Gasteiger partial charge in [-0.3, -0.25) is 4.18 Å². The molecule has 1 rings (SSSR count). The zero-order valence-electron chi connectivity index (χ0n) is 15.8. The third-order valence-electron chi connectivity index (χ3n) is 3.81. The molecule has 0 spiro atoms. The molecule has 0 aliphatic carbocycles. The van der Waals surface area contributed by atoms with Gasteiger partial charge in [0.1, 0.15) is 0 Å². The first-order chi connectivity index (χ1) is 11.8.